The third kappa shape index (κ3) is 2.11. The first-order valence-corrected chi connectivity index (χ1v) is 6.23. The van der Waals surface area contributed by atoms with Crippen molar-refractivity contribution in [2.24, 2.45) is 0 Å². The molecule has 2 heterocycles. The molecule has 0 saturated carbocycles. The number of amides is 1. The number of aromatic nitrogens is 4. The van der Waals surface area contributed by atoms with Crippen LogP contribution in [0.1, 0.15) is 33.6 Å². The van der Waals surface area contributed by atoms with Gasteiger partial charge in [-0.05, 0) is 19.8 Å². The second-order valence-electron chi connectivity index (χ2n) is 4.67. The van der Waals surface area contributed by atoms with Gasteiger partial charge < -0.3 is 4.57 Å². The predicted molar refractivity (Wildman–Crippen MR) is 72.1 cm³/mol. The van der Waals surface area contributed by atoms with Gasteiger partial charge in [-0.1, -0.05) is 13.8 Å². The lowest BCUT2D eigenvalue weighted by atomic mass is 9.95. The molecular formula is C12H17N5O2. The molecule has 0 atom stereocenters. The van der Waals surface area contributed by atoms with E-state index in [9.17, 15) is 9.59 Å². The molecule has 0 unspecified atom stereocenters. The van der Waals surface area contributed by atoms with Crippen LogP contribution in [0.5, 0.6) is 0 Å². The van der Waals surface area contributed by atoms with Gasteiger partial charge >= 0.3 is 0 Å². The summed E-state index contributed by atoms with van der Waals surface area (Å²) in [5.74, 6) is 0.129. The lowest BCUT2D eigenvalue weighted by Gasteiger charge is -2.28. The van der Waals surface area contributed by atoms with E-state index in [2.05, 4.69) is 41.0 Å². The largest absolute Gasteiger partial charge is 0.309 e. The van der Waals surface area contributed by atoms with Crippen molar-refractivity contribution in [3.05, 3.63) is 16.7 Å². The van der Waals surface area contributed by atoms with Crippen LogP contribution in [0.25, 0.3) is 11.2 Å². The number of carbonyl (C=O) groups is 1. The number of rotatable bonds is 5. The maximum absolute atomic E-state index is 11.9. The smallest absolute Gasteiger partial charge is 0.280 e. The molecule has 0 radical (unpaired) electrons. The lowest BCUT2D eigenvalue weighted by molar-refractivity contribution is -0.105. The average molecular weight is 263 g/mol. The zero-order valence-corrected chi connectivity index (χ0v) is 11.2. The van der Waals surface area contributed by atoms with Gasteiger partial charge in [0, 0.05) is 5.54 Å². The van der Waals surface area contributed by atoms with Gasteiger partial charge in [0.15, 0.2) is 11.2 Å². The molecule has 19 heavy (non-hydrogen) atoms. The first kappa shape index (κ1) is 13.3. The number of H-pyrrole nitrogens is 1. The Kier molecular flexibility index (Phi) is 3.37. The summed E-state index contributed by atoms with van der Waals surface area (Å²) in [5.41, 5.74) is 0.250. The Morgan fingerprint density at radius 2 is 2.16 bits per heavy atom. The zero-order valence-electron chi connectivity index (χ0n) is 11.2. The van der Waals surface area contributed by atoms with Gasteiger partial charge in [0.05, 0.1) is 6.33 Å². The van der Waals surface area contributed by atoms with E-state index in [-0.39, 0.29) is 22.6 Å². The molecule has 0 saturated heterocycles. The summed E-state index contributed by atoms with van der Waals surface area (Å²) in [6.07, 6.45) is 3.88. The van der Waals surface area contributed by atoms with Crippen molar-refractivity contribution in [1.29, 1.82) is 0 Å². The molecule has 0 aliphatic carbocycles. The fourth-order valence-electron chi connectivity index (χ4n) is 2.02. The Morgan fingerprint density at radius 1 is 1.47 bits per heavy atom. The zero-order chi connectivity index (χ0) is 14.0. The molecule has 2 aromatic rings. The van der Waals surface area contributed by atoms with Crippen LogP contribution in [-0.2, 0) is 10.3 Å². The molecule has 0 spiro atoms. The quantitative estimate of drug-likeness (QED) is 0.793. The summed E-state index contributed by atoms with van der Waals surface area (Å²) in [6.45, 7) is 6.24. The fourth-order valence-corrected chi connectivity index (χ4v) is 2.02. The number of nitrogens with zero attached hydrogens (tertiary/aromatic N) is 3. The van der Waals surface area contributed by atoms with Crippen LogP contribution in [0.4, 0.5) is 5.95 Å². The van der Waals surface area contributed by atoms with E-state index in [1.807, 2.05) is 4.57 Å². The highest BCUT2D eigenvalue weighted by Crippen LogP contribution is 2.27. The molecule has 0 aliphatic heterocycles. The topological polar surface area (TPSA) is 92.7 Å². The van der Waals surface area contributed by atoms with Crippen molar-refractivity contribution in [2.75, 3.05) is 5.32 Å². The van der Waals surface area contributed by atoms with Gasteiger partial charge in [-0.25, -0.2) is 4.98 Å². The van der Waals surface area contributed by atoms with E-state index in [0.29, 0.717) is 12.1 Å². The van der Waals surface area contributed by atoms with Crippen LogP contribution in [0.3, 0.4) is 0 Å². The minimum Gasteiger partial charge on any atom is -0.309 e. The predicted octanol–water partition coefficient (Wildman–Crippen LogP) is 1.22. The number of carbonyl (C=O) groups excluding carboxylic acids is 1. The summed E-state index contributed by atoms with van der Waals surface area (Å²) in [4.78, 5) is 33.2. The van der Waals surface area contributed by atoms with Crippen LogP contribution >= 0.6 is 0 Å². The highest BCUT2D eigenvalue weighted by molar-refractivity contribution is 5.74. The van der Waals surface area contributed by atoms with Crippen LogP contribution in [0.2, 0.25) is 0 Å². The van der Waals surface area contributed by atoms with Crippen molar-refractivity contribution < 1.29 is 4.79 Å². The molecular weight excluding hydrogens is 246 g/mol. The Bertz CT molecular complexity index is 654. The summed E-state index contributed by atoms with van der Waals surface area (Å²) in [5, 5.41) is 2.36. The molecule has 0 fully saturated rings. The summed E-state index contributed by atoms with van der Waals surface area (Å²) in [7, 11) is 0. The van der Waals surface area contributed by atoms with E-state index in [1.165, 1.54) is 0 Å². The first-order valence-electron chi connectivity index (χ1n) is 6.23. The number of aromatic amines is 1. The van der Waals surface area contributed by atoms with Gasteiger partial charge in [0.1, 0.15) is 0 Å². The minimum atomic E-state index is -0.359. The van der Waals surface area contributed by atoms with Gasteiger partial charge in [-0.3, -0.25) is 19.9 Å². The summed E-state index contributed by atoms with van der Waals surface area (Å²) < 4.78 is 1.90. The molecule has 0 aromatic carbocycles. The van der Waals surface area contributed by atoms with Crippen LogP contribution < -0.4 is 10.9 Å². The van der Waals surface area contributed by atoms with Crippen molar-refractivity contribution in [3.63, 3.8) is 0 Å². The molecule has 2 aromatic heterocycles. The highest BCUT2D eigenvalue weighted by atomic mass is 16.1. The Morgan fingerprint density at radius 3 is 2.74 bits per heavy atom. The molecule has 7 nitrogen and oxygen atoms in total. The van der Waals surface area contributed by atoms with Gasteiger partial charge in [-0.2, -0.15) is 4.98 Å². The monoisotopic (exact) mass is 263 g/mol. The summed E-state index contributed by atoms with van der Waals surface area (Å²) >= 11 is 0. The van der Waals surface area contributed by atoms with Crippen LogP contribution in [-0.4, -0.2) is 25.9 Å². The summed E-state index contributed by atoms with van der Waals surface area (Å²) in [6, 6.07) is 0. The number of imidazole rings is 1. The molecule has 2 rings (SSSR count). The Hall–Kier alpha value is -2.18. The molecule has 2 N–H and O–H groups in total. The second kappa shape index (κ2) is 4.83. The lowest BCUT2D eigenvalue weighted by Crippen LogP contribution is -2.28. The first-order chi connectivity index (χ1) is 9.05. The van der Waals surface area contributed by atoms with E-state index in [1.54, 1.807) is 6.33 Å². The fraction of sp³-hybridized carbons (Fsp3) is 0.500. The SMILES string of the molecule is CCC(C)(CC)n1cnc2c(=O)[nH]c(NC=O)nc21. The van der Waals surface area contributed by atoms with Gasteiger partial charge in [0.2, 0.25) is 12.4 Å². The van der Waals surface area contributed by atoms with E-state index < -0.39 is 0 Å². The third-order valence-electron chi connectivity index (χ3n) is 3.71. The van der Waals surface area contributed by atoms with E-state index in [0.717, 1.165) is 12.8 Å². The van der Waals surface area contributed by atoms with Crippen molar-refractivity contribution in [1.82, 2.24) is 19.5 Å². The number of hydrogen-bond acceptors (Lipinski definition) is 4. The normalized spacial score (nSPS) is 11.7. The molecule has 0 aliphatic rings. The number of nitrogens with one attached hydrogen (secondary N) is 2. The number of hydrogen-bond donors (Lipinski definition) is 2. The van der Waals surface area contributed by atoms with Crippen molar-refractivity contribution in [2.45, 2.75) is 39.2 Å². The molecule has 1 amide bonds. The second-order valence-corrected chi connectivity index (χ2v) is 4.67. The molecule has 7 heteroatoms. The third-order valence-corrected chi connectivity index (χ3v) is 3.71. The van der Waals surface area contributed by atoms with Gasteiger partial charge in [0.25, 0.3) is 5.56 Å². The maximum atomic E-state index is 11.9. The number of fused-ring (bicyclic) bond motifs is 1. The highest BCUT2D eigenvalue weighted by Gasteiger charge is 2.25. The van der Waals surface area contributed by atoms with Crippen molar-refractivity contribution in [3.8, 4) is 0 Å². The minimum absolute atomic E-state index is 0.129. The molecule has 102 valence electrons. The van der Waals surface area contributed by atoms with Crippen LogP contribution in [0, 0.1) is 0 Å². The Labute approximate surface area is 110 Å². The maximum Gasteiger partial charge on any atom is 0.280 e. The molecule has 0 bridgehead atoms. The van der Waals surface area contributed by atoms with Crippen molar-refractivity contribution >= 4 is 23.5 Å². The van der Waals surface area contributed by atoms with Gasteiger partial charge in [-0.15, -0.1) is 0 Å². The number of anilines is 1. The Balaban J connectivity index is 2.70. The average Bonchev–Trinajstić information content (AvgIpc) is 2.83. The van der Waals surface area contributed by atoms with E-state index in [4.69, 9.17) is 0 Å². The van der Waals surface area contributed by atoms with E-state index >= 15 is 0 Å². The van der Waals surface area contributed by atoms with Crippen LogP contribution in [0.15, 0.2) is 11.1 Å². The standard InChI is InChI=1S/C12H17N5O2/c1-4-12(3,5-2)17-6-13-8-9(17)15-11(14-7-18)16-10(8)19/h6-7H,4-5H2,1-3H3,(H2,14,15,16,18,19).